The van der Waals surface area contributed by atoms with Crippen LogP contribution in [0.1, 0.15) is 27.8 Å². The molecule has 1 N–H and O–H groups in total. The maximum absolute atomic E-state index is 12.3. The minimum absolute atomic E-state index is 0.193. The van der Waals surface area contributed by atoms with Gasteiger partial charge in [0.1, 0.15) is 5.75 Å². The van der Waals surface area contributed by atoms with Crippen LogP contribution in [0.15, 0.2) is 84.9 Å². The molecule has 0 saturated heterocycles. The highest BCUT2D eigenvalue weighted by atomic mass is 16.7. The number of aromatic hydroxyl groups is 1. The van der Waals surface area contributed by atoms with Crippen molar-refractivity contribution in [3.8, 4) is 5.75 Å². The second-order valence-electron chi connectivity index (χ2n) is 5.49. The Balaban J connectivity index is 1.73. The van der Waals surface area contributed by atoms with Crippen molar-refractivity contribution in [1.82, 2.24) is 0 Å². The summed E-state index contributed by atoms with van der Waals surface area (Å²) < 4.78 is 11.4. The topological polar surface area (TPSA) is 55.8 Å². The summed E-state index contributed by atoms with van der Waals surface area (Å²) in [7, 11) is 0. The van der Waals surface area contributed by atoms with E-state index < -0.39 is 12.3 Å². The van der Waals surface area contributed by atoms with Gasteiger partial charge in [0, 0.05) is 5.56 Å². The van der Waals surface area contributed by atoms with Crippen LogP contribution in [0.5, 0.6) is 5.75 Å². The molecule has 3 rings (SSSR count). The van der Waals surface area contributed by atoms with E-state index in [4.69, 9.17) is 9.47 Å². The quantitative estimate of drug-likeness (QED) is 0.534. The van der Waals surface area contributed by atoms with E-state index in [1.807, 2.05) is 36.4 Å². The fourth-order valence-electron chi connectivity index (χ4n) is 2.31. The second-order valence-corrected chi connectivity index (χ2v) is 5.49. The molecule has 0 aliphatic rings. The average molecular weight is 334 g/mol. The summed E-state index contributed by atoms with van der Waals surface area (Å²) in [6.45, 7) is 0.252. The van der Waals surface area contributed by atoms with Gasteiger partial charge in [-0.3, -0.25) is 0 Å². The van der Waals surface area contributed by atoms with Crippen molar-refractivity contribution in [2.24, 2.45) is 0 Å². The van der Waals surface area contributed by atoms with Gasteiger partial charge in [-0.2, -0.15) is 0 Å². The number of phenols is 1. The molecule has 0 radical (unpaired) electrons. The molecule has 0 saturated carbocycles. The van der Waals surface area contributed by atoms with Crippen LogP contribution < -0.4 is 0 Å². The molecule has 0 aromatic heterocycles. The lowest BCUT2D eigenvalue weighted by Gasteiger charge is -2.19. The molecule has 1 unspecified atom stereocenters. The van der Waals surface area contributed by atoms with Crippen LogP contribution in [-0.2, 0) is 16.1 Å². The molecule has 0 bridgehead atoms. The Bertz CT molecular complexity index is 798. The standard InChI is InChI=1S/C21H18O4/c22-19-13-11-16(12-14-19)15-24-21(18-9-5-2-6-10-18)25-20(23)17-7-3-1-4-8-17/h1-14,21-22H,15H2. The maximum Gasteiger partial charge on any atom is 0.340 e. The molecule has 0 spiro atoms. The predicted molar refractivity (Wildman–Crippen MR) is 93.9 cm³/mol. The molecule has 0 heterocycles. The third-order valence-corrected chi connectivity index (χ3v) is 3.63. The van der Waals surface area contributed by atoms with Crippen LogP contribution in [0.3, 0.4) is 0 Å². The Morgan fingerprint density at radius 1 is 0.840 bits per heavy atom. The third-order valence-electron chi connectivity index (χ3n) is 3.63. The van der Waals surface area contributed by atoms with E-state index in [2.05, 4.69) is 0 Å². The van der Waals surface area contributed by atoms with Gasteiger partial charge in [0.2, 0.25) is 6.29 Å². The number of ether oxygens (including phenoxy) is 2. The highest BCUT2D eigenvalue weighted by molar-refractivity contribution is 5.89. The number of esters is 1. The first-order chi connectivity index (χ1) is 12.2. The van der Waals surface area contributed by atoms with Crippen LogP contribution in [0, 0.1) is 0 Å². The van der Waals surface area contributed by atoms with E-state index in [9.17, 15) is 9.90 Å². The minimum atomic E-state index is -0.817. The minimum Gasteiger partial charge on any atom is -0.508 e. The highest BCUT2D eigenvalue weighted by Gasteiger charge is 2.18. The number of carbonyl (C=O) groups is 1. The Morgan fingerprint density at radius 3 is 2.08 bits per heavy atom. The Hall–Kier alpha value is -3.11. The SMILES string of the molecule is O=C(OC(OCc1ccc(O)cc1)c1ccccc1)c1ccccc1. The van der Waals surface area contributed by atoms with Gasteiger partial charge in [0.25, 0.3) is 0 Å². The van der Waals surface area contributed by atoms with E-state index in [0.717, 1.165) is 11.1 Å². The molecular formula is C21H18O4. The fraction of sp³-hybridized carbons (Fsp3) is 0.0952. The first-order valence-corrected chi connectivity index (χ1v) is 7.93. The van der Waals surface area contributed by atoms with Crippen molar-refractivity contribution in [2.45, 2.75) is 12.9 Å². The summed E-state index contributed by atoms with van der Waals surface area (Å²) >= 11 is 0. The largest absolute Gasteiger partial charge is 0.508 e. The normalized spacial score (nSPS) is 11.7. The Morgan fingerprint density at radius 2 is 1.44 bits per heavy atom. The molecule has 0 aliphatic carbocycles. The molecular weight excluding hydrogens is 316 g/mol. The molecule has 0 fully saturated rings. The van der Waals surface area contributed by atoms with Gasteiger partial charge in [0.15, 0.2) is 0 Å². The number of hydrogen-bond donors (Lipinski definition) is 1. The van der Waals surface area contributed by atoms with Crippen molar-refractivity contribution in [3.63, 3.8) is 0 Å². The van der Waals surface area contributed by atoms with Gasteiger partial charge in [-0.05, 0) is 29.8 Å². The smallest absolute Gasteiger partial charge is 0.340 e. The van der Waals surface area contributed by atoms with Crippen LogP contribution in [0.25, 0.3) is 0 Å². The van der Waals surface area contributed by atoms with Crippen LogP contribution in [-0.4, -0.2) is 11.1 Å². The molecule has 126 valence electrons. The van der Waals surface area contributed by atoms with Crippen LogP contribution in [0.4, 0.5) is 0 Å². The zero-order valence-electron chi connectivity index (χ0n) is 13.5. The monoisotopic (exact) mass is 334 g/mol. The number of hydrogen-bond acceptors (Lipinski definition) is 4. The molecule has 25 heavy (non-hydrogen) atoms. The lowest BCUT2D eigenvalue weighted by atomic mass is 10.2. The van der Waals surface area contributed by atoms with Crippen molar-refractivity contribution >= 4 is 5.97 Å². The van der Waals surface area contributed by atoms with Crippen molar-refractivity contribution in [3.05, 3.63) is 102 Å². The van der Waals surface area contributed by atoms with Crippen LogP contribution in [0.2, 0.25) is 0 Å². The van der Waals surface area contributed by atoms with Gasteiger partial charge < -0.3 is 14.6 Å². The predicted octanol–water partition coefficient (Wildman–Crippen LogP) is 4.46. The average Bonchev–Trinajstić information content (AvgIpc) is 2.67. The van der Waals surface area contributed by atoms with Gasteiger partial charge in [-0.1, -0.05) is 60.7 Å². The highest BCUT2D eigenvalue weighted by Crippen LogP contribution is 2.23. The third kappa shape index (κ3) is 4.68. The molecule has 3 aromatic rings. The molecule has 4 nitrogen and oxygen atoms in total. The van der Waals surface area contributed by atoms with E-state index in [-0.39, 0.29) is 12.4 Å². The molecule has 1 atom stereocenters. The Labute approximate surface area is 146 Å². The first-order valence-electron chi connectivity index (χ1n) is 7.93. The summed E-state index contributed by atoms with van der Waals surface area (Å²) in [5, 5.41) is 9.35. The molecule has 0 amide bonds. The van der Waals surface area contributed by atoms with Gasteiger partial charge in [-0.15, -0.1) is 0 Å². The maximum atomic E-state index is 12.3. The summed E-state index contributed by atoms with van der Waals surface area (Å²) in [5.41, 5.74) is 2.09. The lowest BCUT2D eigenvalue weighted by Crippen LogP contribution is -2.14. The summed E-state index contributed by atoms with van der Waals surface area (Å²) in [6, 6.07) is 24.8. The summed E-state index contributed by atoms with van der Waals surface area (Å²) in [5.74, 6) is -0.251. The van der Waals surface area contributed by atoms with Crippen molar-refractivity contribution in [2.75, 3.05) is 0 Å². The van der Waals surface area contributed by atoms with Gasteiger partial charge in [-0.25, -0.2) is 4.79 Å². The van der Waals surface area contributed by atoms with E-state index in [0.29, 0.717) is 5.56 Å². The number of benzene rings is 3. The number of carbonyl (C=O) groups excluding carboxylic acids is 1. The van der Waals surface area contributed by atoms with Crippen molar-refractivity contribution in [1.29, 1.82) is 0 Å². The molecule has 0 aliphatic heterocycles. The Kier molecular flexibility index (Phi) is 5.44. The van der Waals surface area contributed by atoms with E-state index >= 15 is 0 Å². The number of rotatable bonds is 6. The zero-order chi connectivity index (χ0) is 17.5. The van der Waals surface area contributed by atoms with E-state index in [1.165, 1.54) is 0 Å². The molecule has 4 heteroatoms. The lowest BCUT2D eigenvalue weighted by molar-refractivity contribution is -0.121. The van der Waals surface area contributed by atoms with E-state index in [1.54, 1.807) is 48.5 Å². The second kappa shape index (κ2) is 8.13. The fourth-order valence-corrected chi connectivity index (χ4v) is 2.31. The van der Waals surface area contributed by atoms with Crippen LogP contribution >= 0.6 is 0 Å². The summed E-state index contributed by atoms with van der Waals surface area (Å²) in [6.07, 6.45) is -0.817. The van der Waals surface area contributed by atoms with Gasteiger partial charge >= 0.3 is 5.97 Å². The van der Waals surface area contributed by atoms with Crippen molar-refractivity contribution < 1.29 is 19.4 Å². The number of phenolic OH excluding ortho intramolecular Hbond substituents is 1. The summed E-state index contributed by atoms with van der Waals surface area (Å²) in [4.78, 5) is 12.3. The first kappa shape index (κ1) is 16.7. The zero-order valence-corrected chi connectivity index (χ0v) is 13.5. The van der Waals surface area contributed by atoms with Gasteiger partial charge in [0.05, 0.1) is 12.2 Å². The molecule has 3 aromatic carbocycles.